The summed E-state index contributed by atoms with van der Waals surface area (Å²) in [4.78, 5) is 27.6. The normalized spacial score (nSPS) is 26.0. The number of hydrogen-bond acceptors (Lipinski definition) is 5. The SMILES string of the molecule is Cc1c(CC(=O)N2C[C@@]3(C)C[C@@H]2CC(C)(C)C3)c(=O)oc2cc(O)cc(O)c12. The highest BCUT2D eigenvalue weighted by Gasteiger charge is 2.50. The molecule has 2 heterocycles. The van der Waals surface area contributed by atoms with Crippen LogP contribution in [0.3, 0.4) is 0 Å². The van der Waals surface area contributed by atoms with Gasteiger partial charge in [0.2, 0.25) is 5.91 Å². The molecule has 0 spiro atoms. The highest BCUT2D eigenvalue weighted by atomic mass is 16.4. The topological polar surface area (TPSA) is 91.0 Å². The average molecular weight is 385 g/mol. The number of fused-ring (bicyclic) bond motifs is 3. The number of aromatic hydroxyl groups is 2. The van der Waals surface area contributed by atoms with Crippen LogP contribution in [0, 0.1) is 17.8 Å². The van der Waals surface area contributed by atoms with Crippen molar-refractivity contribution < 1.29 is 19.4 Å². The summed E-state index contributed by atoms with van der Waals surface area (Å²) in [5.41, 5.74) is 0.633. The zero-order valence-electron chi connectivity index (χ0n) is 16.8. The van der Waals surface area contributed by atoms with Crippen LogP contribution in [-0.4, -0.2) is 33.6 Å². The number of rotatable bonds is 2. The molecule has 1 amide bonds. The molecule has 2 atom stereocenters. The molecule has 150 valence electrons. The first-order valence-electron chi connectivity index (χ1n) is 9.76. The Hall–Kier alpha value is -2.50. The molecule has 1 saturated heterocycles. The van der Waals surface area contributed by atoms with Crippen LogP contribution in [0.25, 0.3) is 11.0 Å². The fourth-order valence-electron chi connectivity index (χ4n) is 5.72. The van der Waals surface area contributed by atoms with Gasteiger partial charge in [-0.3, -0.25) is 4.79 Å². The number of amides is 1. The monoisotopic (exact) mass is 385 g/mol. The van der Waals surface area contributed by atoms with Crippen molar-refractivity contribution in [3.63, 3.8) is 0 Å². The van der Waals surface area contributed by atoms with Crippen LogP contribution in [0.2, 0.25) is 0 Å². The van der Waals surface area contributed by atoms with E-state index >= 15 is 0 Å². The van der Waals surface area contributed by atoms with Crippen molar-refractivity contribution in [2.75, 3.05) is 6.54 Å². The molecule has 6 heteroatoms. The summed E-state index contributed by atoms with van der Waals surface area (Å²) >= 11 is 0. The Morgan fingerprint density at radius 1 is 1.25 bits per heavy atom. The zero-order chi connectivity index (χ0) is 20.4. The van der Waals surface area contributed by atoms with Gasteiger partial charge in [0.15, 0.2) is 0 Å². The highest BCUT2D eigenvalue weighted by molar-refractivity contribution is 5.90. The molecule has 2 fully saturated rings. The zero-order valence-corrected chi connectivity index (χ0v) is 16.8. The number of phenolic OH excluding ortho intramolecular Hbond substituents is 2. The van der Waals surface area contributed by atoms with Gasteiger partial charge in [-0.2, -0.15) is 0 Å². The minimum Gasteiger partial charge on any atom is -0.508 e. The molecule has 2 aliphatic rings. The quantitative estimate of drug-likeness (QED) is 0.773. The van der Waals surface area contributed by atoms with Crippen molar-refractivity contribution in [3.05, 3.63) is 33.7 Å². The Kier molecular flexibility index (Phi) is 4.04. The third-order valence-electron chi connectivity index (χ3n) is 6.41. The largest absolute Gasteiger partial charge is 0.508 e. The molecule has 0 radical (unpaired) electrons. The van der Waals surface area contributed by atoms with Gasteiger partial charge >= 0.3 is 5.63 Å². The fourth-order valence-corrected chi connectivity index (χ4v) is 5.72. The molecule has 6 nitrogen and oxygen atoms in total. The summed E-state index contributed by atoms with van der Waals surface area (Å²) in [5.74, 6) is -0.424. The maximum absolute atomic E-state index is 13.1. The van der Waals surface area contributed by atoms with E-state index in [1.807, 2.05) is 4.90 Å². The van der Waals surface area contributed by atoms with Gasteiger partial charge in [-0.15, -0.1) is 0 Å². The first-order valence-corrected chi connectivity index (χ1v) is 9.76. The van der Waals surface area contributed by atoms with E-state index in [4.69, 9.17) is 4.42 Å². The molecule has 28 heavy (non-hydrogen) atoms. The van der Waals surface area contributed by atoms with E-state index in [2.05, 4.69) is 20.8 Å². The van der Waals surface area contributed by atoms with Gasteiger partial charge in [-0.1, -0.05) is 20.8 Å². The van der Waals surface area contributed by atoms with E-state index in [1.54, 1.807) is 6.92 Å². The number of benzene rings is 1. The van der Waals surface area contributed by atoms with Crippen molar-refractivity contribution >= 4 is 16.9 Å². The minimum absolute atomic E-state index is 0.0442. The fraction of sp³-hybridized carbons (Fsp3) is 0.545. The lowest BCUT2D eigenvalue weighted by atomic mass is 9.65. The number of carbonyl (C=O) groups excluding carboxylic acids is 1. The first kappa shape index (κ1) is 18.8. The molecular weight excluding hydrogens is 358 g/mol. The maximum atomic E-state index is 13.1. The predicted octanol–water partition coefficient (Wildman–Crippen LogP) is 3.48. The lowest BCUT2D eigenvalue weighted by Crippen LogP contribution is -2.39. The first-order chi connectivity index (χ1) is 13.0. The smallest absolute Gasteiger partial charge is 0.340 e. The predicted molar refractivity (Wildman–Crippen MR) is 105 cm³/mol. The second-order valence-corrected chi connectivity index (χ2v) is 9.74. The third-order valence-corrected chi connectivity index (χ3v) is 6.41. The van der Waals surface area contributed by atoms with Gasteiger partial charge in [0.1, 0.15) is 17.1 Å². The number of phenols is 2. The molecule has 2 aromatic rings. The van der Waals surface area contributed by atoms with Gasteiger partial charge in [0.25, 0.3) is 0 Å². The lowest BCUT2D eigenvalue weighted by molar-refractivity contribution is -0.131. The molecule has 1 aromatic heterocycles. The summed E-state index contributed by atoms with van der Waals surface area (Å²) in [6.07, 6.45) is 3.03. The Morgan fingerprint density at radius 2 is 1.96 bits per heavy atom. The summed E-state index contributed by atoms with van der Waals surface area (Å²) in [6, 6.07) is 2.70. The van der Waals surface area contributed by atoms with Gasteiger partial charge < -0.3 is 19.5 Å². The third kappa shape index (κ3) is 3.05. The van der Waals surface area contributed by atoms with E-state index < -0.39 is 5.63 Å². The maximum Gasteiger partial charge on any atom is 0.340 e. The van der Waals surface area contributed by atoms with Gasteiger partial charge in [-0.05, 0) is 42.6 Å². The van der Waals surface area contributed by atoms with Crippen LogP contribution < -0.4 is 5.63 Å². The Balaban J connectivity index is 1.67. The molecule has 1 aromatic carbocycles. The molecule has 2 bridgehead atoms. The van der Waals surface area contributed by atoms with E-state index in [0.29, 0.717) is 10.9 Å². The van der Waals surface area contributed by atoms with Crippen LogP contribution in [0.1, 0.15) is 51.2 Å². The van der Waals surface area contributed by atoms with Crippen molar-refractivity contribution in [2.45, 2.75) is 59.4 Å². The second-order valence-electron chi connectivity index (χ2n) is 9.74. The standard InChI is InChI=1S/C22H27NO5/c1-12-15(20(27)28-17-6-14(24)5-16(25)19(12)17)7-18(26)23-11-22(4)9-13(23)8-21(2,3)10-22/h5-6,13,24-25H,7-11H2,1-4H3/t13-,22-/m0/s1. The number of carbonyl (C=O) groups is 1. The van der Waals surface area contributed by atoms with Crippen LogP contribution in [0.4, 0.5) is 0 Å². The van der Waals surface area contributed by atoms with Crippen LogP contribution in [-0.2, 0) is 11.2 Å². The summed E-state index contributed by atoms with van der Waals surface area (Å²) < 4.78 is 5.29. The average Bonchev–Trinajstić information content (AvgIpc) is 2.79. The Labute approximate surface area is 163 Å². The minimum atomic E-state index is -0.600. The van der Waals surface area contributed by atoms with Crippen molar-refractivity contribution in [3.8, 4) is 11.5 Å². The number of nitrogens with zero attached hydrogens (tertiary/aromatic N) is 1. The molecule has 4 rings (SSSR count). The molecule has 1 saturated carbocycles. The van der Waals surface area contributed by atoms with Crippen molar-refractivity contribution in [1.82, 2.24) is 4.90 Å². The lowest BCUT2D eigenvalue weighted by Gasteiger charge is -2.39. The van der Waals surface area contributed by atoms with E-state index in [0.717, 1.165) is 25.8 Å². The van der Waals surface area contributed by atoms with E-state index in [9.17, 15) is 19.8 Å². The molecule has 0 unspecified atom stereocenters. The summed E-state index contributed by atoms with van der Waals surface area (Å²) in [7, 11) is 0. The highest BCUT2D eigenvalue weighted by Crippen LogP contribution is 2.52. The number of aryl methyl sites for hydroxylation is 1. The van der Waals surface area contributed by atoms with Crippen molar-refractivity contribution in [1.29, 1.82) is 0 Å². The van der Waals surface area contributed by atoms with E-state index in [1.165, 1.54) is 12.1 Å². The molecular formula is C22H27NO5. The number of likely N-dealkylation sites (tertiary alicyclic amines) is 1. The molecule has 1 aliphatic carbocycles. The van der Waals surface area contributed by atoms with Crippen LogP contribution in [0.15, 0.2) is 21.3 Å². The second kappa shape index (κ2) is 6.00. The van der Waals surface area contributed by atoms with Crippen LogP contribution >= 0.6 is 0 Å². The van der Waals surface area contributed by atoms with E-state index in [-0.39, 0.29) is 51.8 Å². The molecule has 1 aliphatic heterocycles. The van der Waals surface area contributed by atoms with Gasteiger partial charge in [0, 0.05) is 24.7 Å². The van der Waals surface area contributed by atoms with Gasteiger partial charge in [0.05, 0.1) is 17.4 Å². The Morgan fingerprint density at radius 3 is 2.68 bits per heavy atom. The van der Waals surface area contributed by atoms with Crippen molar-refractivity contribution in [2.24, 2.45) is 10.8 Å². The van der Waals surface area contributed by atoms with Gasteiger partial charge in [-0.25, -0.2) is 4.79 Å². The van der Waals surface area contributed by atoms with Crippen LogP contribution in [0.5, 0.6) is 11.5 Å². The Bertz CT molecular complexity index is 1040. The summed E-state index contributed by atoms with van der Waals surface area (Å²) in [5, 5.41) is 20.2. The number of hydrogen-bond donors (Lipinski definition) is 2. The molecule has 2 N–H and O–H groups in total. The summed E-state index contributed by atoms with van der Waals surface area (Å²) in [6.45, 7) is 9.17.